The van der Waals surface area contributed by atoms with Crippen molar-refractivity contribution in [2.45, 2.75) is 12.5 Å². The normalized spacial score (nSPS) is 14.5. The van der Waals surface area contributed by atoms with Crippen LogP contribution in [0.2, 0.25) is 0 Å². The fourth-order valence-electron chi connectivity index (χ4n) is 3.87. The Morgan fingerprint density at radius 1 is 1.03 bits per heavy atom. The van der Waals surface area contributed by atoms with Crippen LogP contribution < -0.4 is 14.8 Å². The summed E-state index contributed by atoms with van der Waals surface area (Å²) in [4.78, 5) is 16.7. The first-order chi connectivity index (χ1) is 15.7. The van der Waals surface area contributed by atoms with Gasteiger partial charge in [0.15, 0.2) is 5.76 Å². The summed E-state index contributed by atoms with van der Waals surface area (Å²) in [6, 6.07) is 21.0. The average molecular weight is 426 g/mol. The van der Waals surface area contributed by atoms with Crippen LogP contribution in [0.15, 0.2) is 83.5 Å². The number of aromatic nitrogens is 1. The molecular formula is C26H22N2O4. The fraction of sp³-hybridized carbons (Fsp3) is 0.154. The number of carbonyl (C=O) groups is 1. The van der Waals surface area contributed by atoms with Crippen LogP contribution in [-0.4, -0.2) is 30.6 Å². The molecule has 0 unspecified atom stereocenters. The van der Waals surface area contributed by atoms with Gasteiger partial charge in [-0.25, -0.2) is 0 Å². The monoisotopic (exact) mass is 426 g/mol. The lowest BCUT2D eigenvalue weighted by molar-refractivity contribution is 0.0907. The summed E-state index contributed by atoms with van der Waals surface area (Å²) in [6.07, 6.45) is 4.15. The van der Waals surface area contributed by atoms with Gasteiger partial charge in [0.1, 0.15) is 23.4 Å². The summed E-state index contributed by atoms with van der Waals surface area (Å²) in [7, 11) is 1.62. The topological polar surface area (TPSA) is 73.6 Å². The lowest BCUT2D eigenvalue weighted by Gasteiger charge is -2.13. The zero-order valence-electron chi connectivity index (χ0n) is 17.6. The van der Waals surface area contributed by atoms with E-state index in [1.165, 1.54) is 0 Å². The molecule has 32 heavy (non-hydrogen) atoms. The summed E-state index contributed by atoms with van der Waals surface area (Å²) >= 11 is 0. The van der Waals surface area contributed by atoms with E-state index in [4.69, 9.17) is 13.9 Å². The standard InChI is InChI=1S/C26H22N2O4/c1-30-20-7-5-18(6-8-20)23-9-10-24(32-23)26(29)28-16-21-15-19-3-2-4-22(25(19)31-21)17-11-13-27-14-12-17/h2-14,21H,15-16H2,1H3,(H,28,29)/t21-/m0/s1. The number of benzene rings is 2. The Morgan fingerprint density at radius 3 is 2.62 bits per heavy atom. The van der Waals surface area contributed by atoms with E-state index in [1.54, 1.807) is 31.6 Å². The molecule has 0 saturated heterocycles. The summed E-state index contributed by atoms with van der Waals surface area (Å²) in [5.41, 5.74) is 4.11. The number of rotatable bonds is 6. The lowest BCUT2D eigenvalue weighted by Crippen LogP contribution is -2.34. The van der Waals surface area contributed by atoms with E-state index in [0.717, 1.165) is 40.2 Å². The predicted molar refractivity (Wildman–Crippen MR) is 121 cm³/mol. The lowest BCUT2D eigenvalue weighted by atomic mass is 10.0. The molecule has 1 aliphatic rings. The summed E-state index contributed by atoms with van der Waals surface area (Å²) in [6.45, 7) is 0.391. The Morgan fingerprint density at radius 2 is 1.84 bits per heavy atom. The molecule has 0 bridgehead atoms. The Balaban J connectivity index is 1.23. The minimum Gasteiger partial charge on any atom is -0.497 e. The van der Waals surface area contributed by atoms with Crippen LogP contribution in [0.5, 0.6) is 11.5 Å². The smallest absolute Gasteiger partial charge is 0.287 e. The first kappa shape index (κ1) is 19.9. The highest BCUT2D eigenvalue weighted by Crippen LogP contribution is 2.38. The number of amides is 1. The highest BCUT2D eigenvalue weighted by molar-refractivity contribution is 5.92. The third-order valence-corrected chi connectivity index (χ3v) is 5.51. The van der Waals surface area contributed by atoms with Crippen molar-refractivity contribution in [2.75, 3.05) is 13.7 Å². The number of furan rings is 1. The highest BCUT2D eigenvalue weighted by Gasteiger charge is 2.26. The number of hydrogen-bond donors (Lipinski definition) is 1. The van der Waals surface area contributed by atoms with Crippen molar-refractivity contribution in [1.29, 1.82) is 0 Å². The highest BCUT2D eigenvalue weighted by atomic mass is 16.5. The molecule has 5 rings (SSSR count). The zero-order chi connectivity index (χ0) is 21.9. The number of hydrogen-bond acceptors (Lipinski definition) is 5. The van der Waals surface area contributed by atoms with Crippen LogP contribution in [-0.2, 0) is 6.42 Å². The van der Waals surface area contributed by atoms with Gasteiger partial charge in [0.05, 0.1) is 13.7 Å². The van der Waals surface area contributed by atoms with Crippen molar-refractivity contribution in [2.24, 2.45) is 0 Å². The van der Waals surface area contributed by atoms with Crippen LogP contribution >= 0.6 is 0 Å². The van der Waals surface area contributed by atoms with Crippen LogP contribution in [0.3, 0.4) is 0 Å². The van der Waals surface area contributed by atoms with E-state index in [2.05, 4.69) is 16.4 Å². The van der Waals surface area contributed by atoms with E-state index in [9.17, 15) is 4.79 Å². The molecule has 0 spiro atoms. The number of carbonyl (C=O) groups excluding carboxylic acids is 1. The van der Waals surface area contributed by atoms with Gasteiger partial charge in [0.2, 0.25) is 0 Å². The van der Waals surface area contributed by atoms with Crippen molar-refractivity contribution in [3.63, 3.8) is 0 Å². The SMILES string of the molecule is COc1ccc(-c2ccc(C(=O)NC[C@@H]3Cc4cccc(-c5ccncc5)c4O3)o2)cc1. The molecule has 160 valence electrons. The van der Waals surface area contributed by atoms with Gasteiger partial charge in [-0.15, -0.1) is 0 Å². The van der Waals surface area contributed by atoms with E-state index in [0.29, 0.717) is 12.3 Å². The number of fused-ring (bicyclic) bond motifs is 1. The van der Waals surface area contributed by atoms with Crippen molar-refractivity contribution in [3.05, 3.63) is 90.4 Å². The maximum atomic E-state index is 12.6. The van der Waals surface area contributed by atoms with E-state index in [1.807, 2.05) is 48.5 Å². The number of pyridine rings is 1. The van der Waals surface area contributed by atoms with Crippen molar-refractivity contribution in [3.8, 4) is 33.9 Å². The quantitative estimate of drug-likeness (QED) is 0.482. The number of methoxy groups -OCH3 is 1. The Kier molecular flexibility index (Phi) is 5.34. The molecule has 0 radical (unpaired) electrons. The maximum Gasteiger partial charge on any atom is 0.287 e. The van der Waals surface area contributed by atoms with Gasteiger partial charge < -0.3 is 19.2 Å². The van der Waals surface area contributed by atoms with Crippen LogP contribution in [0.4, 0.5) is 0 Å². The Bertz CT molecular complexity index is 1230. The molecule has 6 heteroatoms. The molecule has 3 heterocycles. The van der Waals surface area contributed by atoms with Crippen molar-refractivity contribution < 1.29 is 18.7 Å². The minimum absolute atomic E-state index is 0.132. The van der Waals surface area contributed by atoms with E-state index < -0.39 is 0 Å². The molecule has 1 atom stereocenters. The van der Waals surface area contributed by atoms with Gasteiger partial charge in [0.25, 0.3) is 5.91 Å². The van der Waals surface area contributed by atoms with Gasteiger partial charge >= 0.3 is 0 Å². The second-order valence-electron chi connectivity index (χ2n) is 7.58. The van der Waals surface area contributed by atoms with Gasteiger partial charge in [-0.3, -0.25) is 9.78 Å². The van der Waals surface area contributed by atoms with Crippen LogP contribution in [0.1, 0.15) is 16.1 Å². The molecule has 0 aliphatic carbocycles. The zero-order valence-corrected chi connectivity index (χ0v) is 17.6. The summed E-state index contributed by atoms with van der Waals surface area (Å²) in [5.74, 6) is 2.27. The first-order valence-electron chi connectivity index (χ1n) is 10.4. The van der Waals surface area contributed by atoms with Gasteiger partial charge in [-0.05, 0) is 59.7 Å². The third kappa shape index (κ3) is 3.95. The molecule has 0 saturated carbocycles. The second-order valence-corrected chi connectivity index (χ2v) is 7.58. The van der Waals surface area contributed by atoms with Gasteiger partial charge in [-0.2, -0.15) is 0 Å². The minimum atomic E-state index is -0.265. The van der Waals surface area contributed by atoms with Crippen molar-refractivity contribution in [1.82, 2.24) is 10.3 Å². The Hall–Kier alpha value is -4.06. The fourth-order valence-corrected chi connectivity index (χ4v) is 3.87. The number of nitrogens with one attached hydrogen (secondary N) is 1. The molecule has 1 N–H and O–H groups in total. The van der Waals surface area contributed by atoms with Crippen LogP contribution in [0, 0.1) is 0 Å². The number of nitrogens with zero attached hydrogens (tertiary/aromatic N) is 1. The molecule has 6 nitrogen and oxygen atoms in total. The van der Waals surface area contributed by atoms with E-state index in [-0.39, 0.29) is 17.8 Å². The largest absolute Gasteiger partial charge is 0.497 e. The first-order valence-corrected chi connectivity index (χ1v) is 10.4. The van der Waals surface area contributed by atoms with E-state index >= 15 is 0 Å². The molecule has 0 fully saturated rings. The molecular weight excluding hydrogens is 404 g/mol. The van der Waals surface area contributed by atoms with Crippen molar-refractivity contribution >= 4 is 5.91 Å². The molecule has 4 aromatic rings. The predicted octanol–water partition coefficient (Wildman–Crippen LogP) is 4.75. The third-order valence-electron chi connectivity index (χ3n) is 5.51. The summed E-state index contributed by atoms with van der Waals surface area (Å²) < 4.78 is 17.1. The second kappa shape index (κ2) is 8.59. The number of ether oxygens (including phenoxy) is 2. The summed E-state index contributed by atoms with van der Waals surface area (Å²) in [5, 5.41) is 2.93. The van der Waals surface area contributed by atoms with Gasteiger partial charge in [-0.1, -0.05) is 18.2 Å². The number of para-hydroxylation sites is 1. The molecule has 2 aromatic heterocycles. The van der Waals surface area contributed by atoms with Gasteiger partial charge in [0, 0.05) is 29.9 Å². The average Bonchev–Trinajstić information content (AvgIpc) is 3.50. The molecule has 1 amide bonds. The maximum absolute atomic E-state index is 12.6. The molecule has 1 aliphatic heterocycles. The van der Waals surface area contributed by atoms with Crippen LogP contribution in [0.25, 0.3) is 22.5 Å². The molecule has 2 aromatic carbocycles. The Labute approximate surface area is 185 Å².